The second kappa shape index (κ2) is 9570. The SMILES string of the molecule is [CH-]=O.[CH-]=O.[CH-]=O.[CH3-].[CH3-].[Rh+2].[Rh+3]. The molecule has 0 aliphatic rings. The molecule has 5 heteroatoms. The molecule has 0 saturated heterocycles. The Hall–Kier alpha value is 0.257. The van der Waals surface area contributed by atoms with Gasteiger partial charge in [0.05, 0.1) is 0 Å². The van der Waals surface area contributed by atoms with E-state index < -0.39 is 0 Å². The molecule has 0 aliphatic heterocycles. The molecule has 0 fully saturated rings. The second-order valence-electron chi connectivity index (χ2n) is 0. The van der Waals surface area contributed by atoms with E-state index in [-0.39, 0.29) is 53.8 Å². The zero-order chi connectivity index (χ0) is 6.00. The van der Waals surface area contributed by atoms with Gasteiger partial charge in [0, 0.05) is 0 Å². The Balaban J connectivity index is -0.00000000225. The maximum atomic E-state index is 7.75. The Labute approximate surface area is 88.5 Å². The molecular weight excluding hydrogens is 314 g/mol. The molecule has 0 saturated carbocycles. The fourth-order valence-corrected chi connectivity index (χ4v) is 0. The minimum absolute atomic E-state index is 0. The third-order valence-corrected chi connectivity index (χ3v) is 0. The van der Waals surface area contributed by atoms with Crippen LogP contribution in [0.15, 0.2) is 0 Å². The minimum atomic E-state index is 0. The van der Waals surface area contributed by atoms with E-state index in [2.05, 4.69) is 20.4 Å². The number of carbonyl (C=O) groups excluding carboxylic acids is 3. The Kier molecular flexibility index (Phi) is 79300. The molecule has 0 rings (SSSR count). The van der Waals surface area contributed by atoms with Gasteiger partial charge in [0.1, 0.15) is 0 Å². The van der Waals surface area contributed by atoms with Crippen LogP contribution in [-0.4, -0.2) is 20.4 Å². The Bertz CT molecular complexity index is 19.6. The topological polar surface area (TPSA) is 51.2 Å². The van der Waals surface area contributed by atoms with Gasteiger partial charge in [-0.25, -0.2) is 0 Å². The molecule has 10 heavy (non-hydrogen) atoms. The predicted molar refractivity (Wildman–Crippen MR) is 33.1 cm³/mol. The fourth-order valence-electron chi connectivity index (χ4n) is 0. The van der Waals surface area contributed by atoms with E-state index >= 15 is 0 Å². The van der Waals surface area contributed by atoms with Crippen molar-refractivity contribution < 1.29 is 53.3 Å². The molecule has 0 amide bonds. The first kappa shape index (κ1) is 82.9. The number of rotatable bonds is 0. The van der Waals surface area contributed by atoms with Crippen LogP contribution < -0.4 is 0 Å². The zero-order valence-electron chi connectivity index (χ0n) is 5.62. The molecule has 0 aromatic carbocycles. The van der Waals surface area contributed by atoms with Crippen molar-refractivity contribution >= 4 is 20.4 Å². The van der Waals surface area contributed by atoms with Crippen LogP contribution in [0.2, 0.25) is 0 Å². The third kappa shape index (κ3) is 6600. The maximum Gasteiger partial charge on any atom is 3.00 e. The fraction of sp³-hybridized carbons (Fsp3) is 0. The van der Waals surface area contributed by atoms with Crippen LogP contribution >= 0.6 is 0 Å². The first-order chi connectivity index (χ1) is 3.00. The van der Waals surface area contributed by atoms with Crippen molar-refractivity contribution in [1.29, 1.82) is 0 Å². The van der Waals surface area contributed by atoms with Crippen molar-refractivity contribution in [2.45, 2.75) is 0 Å². The van der Waals surface area contributed by atoms with Crippen LogP contribution in [0.4, 0.5) is 0 Å². The first-order valence-corrected chi connectivity index (χ1v) is 0.707. The molecule has 3 nitrogen and oxygen atoms in total. The van der Waals surface area contributed by atoms with Gasteiger partial charge in [-0.2, -0.15) is 0 Å². The summed E-state index contributed by atoms with van der Waals surface area (Å²) in [6.45, 7) is 9.75. The molecule has 0 aromatic rings. The van der Waals surface area contributed by atoms with E-state index in [4.69, 9.17) is 14.4 Å². The molecule has 0 atom stereocenters. The average Bonchev–Trinajstić information content (AvgIpc) is 1.81. The normalized spacial score (nSPS) is 1.20. The summed E-state index contributed by atoms with van der Waals surface area (Å²) in [5.74, 6) is 0. The molecule has 0 spiro atoms. The van der Waals surface area contributed by atoms with Crippen molar-refractivity contribution in [3.63, 3.8) is 0 Å². The summed E-state index contributed by atoms with van der Waals surface area (Å²) in [6.07, 6.45) is 0. The van der Waals surface area contributed by atoms with E-state index in [1.807, 2.05) is 0 Å². The Morgan fingerprint density at radius 1 is 0.600 bits per heavy atom. The van der Waals surface area contributed by atoms with Crippen molar-refractivity contribution in [2.24, 2.45) is 0 Å². The van der Waals surface area contributed by atoms with Gasteiger partial charge in [-0.15, -0.1) is 0 Å². The summed E-state index contributed by atoms with van der Waals surface area (Å²) >= 11 is 0. The van der Waals surface area contributed by atoms with E-state index in [1.54, 1.807) is 0 Å². The standard InChI is InChI=1S/3CHO.2CH3.2Rh/c3*1-2;;;;/h3*1H;2*1H3;;/q5*-1;+2;+3. The van der Waals surface area contributed by atoms with Gasteiger partial charge in [0.15, 0.2) is 0 Å². The summed E-state index contributed by atoms with van der Waals surface area (Å²) in [5, 5.41) is 0. The Morgan fingerprint density at radius 3 is 0.600 bits per heavy atom. The van der Waals surface area contributed by atoms with Crippen molar-refractivity contribution in [2.75, 3.05) is 0 Å². The van der Waals surface area contributed by atoms with Gasteiger partial charge in [0.25, 0.3) is 0 Å². The van der Waals surface area contributed by atoms with E-state index in [0.717, 1.165) is 0 Å². The molecule has 0 unspecified atom stereocenters. The third-order valence-electron chi connectivity index (χ3n) is 0. The summed E-state index contributed by atoms with van der Waals surface area (Å²) in [4.78, 5) is 23.2. The molecule has 0 N–H and O–H groups in total. The van der Waals surface area contributed by atoms with Crippen molar-refractivity contribution in [3.8, 4) is 0 Å². The van der Waals surface area contributed by atoms with Crippen LogP contribution in [0.5, 0.6) is 0 Å². The van der Waals surface area contributed by atoms with Crippen LogP contribution in [-0.2, 0) is 53.3 Å². The van der Waals surface area contributed by atoms with Gasteiger partial charge < -0.3 is 29.2 Å². The molecule has 0 aliphatic carbocycles. The van der Waals surface area contributed by atoms with Gasteiger partial charge in [-0.3, -0.25) is 20.4 Å². The first-order valence-electron chi connectivity index (χ1n) is 0.707. The van der Waals surface area contributed by atoms with Crippen molar-refractivity contribution in [3.05, 3.63) is 14.9 Å². The van der Waals surface area contributed by atoms with E-state index in [0.29, 0.717) is 0 Å². The zero-order valence-corrected chi connectivity index (χ0v) is 8.90. The molecule has 1 radical (unpaired) electrons. The van der Waals surface area contributed by atoms with Gasteiger partial charge >= 0.3 is 39.0 Å². The number of hydrogen-bond acceptors (Lipinski definition) is 3. The maximum absolute atomic E-state index is 7.75. The van der Waals surface area contributed by atoms with Gasteiger partial charge in [0.2, 0.25) is 0 Å². The number of hydrogen-bond donors (Lipinski definition) is 0. The molecule has 0 heterocycles. The summed E-state index contributed by atoms with van der Waals surface area (Å²) in [7, 11) is 0. The summed E-state index contributed by atoms with van der Waals surface area (Å²) < 4.78 is 0. The van der Waals surface area contributed by atoms with E-state index in [1.165, 1.54) is 0 Å². The quantitative estimate of drug-likeness (QED) is 0.360. The van der Waals surface area contributed by atoms with Crippen LogP contribution in [0.25, 0.3) is 0 Å². The average molecular weight is 323 g/mol. The molecule has 0 aromatic heterocycles. The van der Waals surface area contributed by atoms with Gasteiger partial charge in [-0.1, -0.05) is 0 Å². The van der Waals surface area contributed by atoms with Crippen LogP contribution in [0, 0.1) is 14.9 Å². The monoisotopic (exact) mass is 323 g/mol. The largest absolute Gasteiger partial charge is 3.00 e. The second-order valence-corrected chi connectivity index (χ2v) is 0. The summed E-state index contributed by atoms with van der Waals surface area (Å²) in [5.41, 5.74) is 0. The smallest absolute Gasteiger partial charge is 0.545 e. The van der Waals surface area contributed by atoms with E-state index in [9.17, 15) is 0 Å². The minimum Gasteiger partial charge on any atom is -0.545 e. The molecular formula is C5H9O3Rh2. The van der Waals surface area contributed by atoms with Crippen molar-refractivity contribution in [1.82, 2.24) is 0 Å². The summed E-state index contributed by atoms with van der Waals surface area (Å²) in [6, 6.07) is 0. The Morgan fingerprint density at radius 2 is 0.600 bits per heavy atom. The van der Waals surface area contributed by atoms with Crippen LogP contribution in [0.1, 0.15) is 0 Å². The van der Waals surface area contributed by atoms with Gasteiger partial charge in [-0.05, 0) is 0 Å². The molecule has 0 bridgehead atoms. The molecule has 65 valence electrons. The predicted octanol–water partition coefficient (Wildman–Crippen LogP) is 0.0733. The van der Waals surface area contributed by atoms with Crippen LogP contribution in [0.3, 0.4) is 0 Å².